The highest BCUT2D eigenvalue weighted by molar-refractivity contribution is 5.95. The Labute approximate surface area is 203 Å². The molecule has 8 heteroatoms. The van der Waals surface area contributed by atoms with Gasteiger partial charge < -0.3 is 19.2 Å². The number of amides is 1. The molecule has 0 spiro atoms. The Morgan fingerprint density at radius 2 is 1.71 bits per heavy atom. The van der Waals surface area contributed by atoms with Crippen LogP contribution in [0.2, 0.25) is 0 Å². The highest BCUT2D eigenvalue weighted by Crippen LogP contribution is 2.33. The lowest BCUT2D eigenvalue weighted by atomic mass is 10.0. The molecule has 8 nitrogen and oxygen atoms in total. The third kappa shape index (κ3) is 4.67. The van der Waals surface area contributed by atoms with Gasteiger partial charge in [-0.05, 0) is 52.0 Å². The molecular weight excluding hydrogens is 444 g/mol. The van der Waals surface area contributed by atoms with Crippen LogP contribution < -0.4 is 0 Å². The minimum absolute atomic E-state index is 0.00314. The van der Waals surface area contributed by atoms with Crippen molar-refractivity contribution in [1.82, 2.24) is 19.9 Å². The van der Waals surface area contributed by atoms with Gasteiger partial charge in [-0.15, -0.1) is 0 Å². The van der Waals surface area contributed by atoms with Gasteiger partial charge in [0.15, 0.2) is 5.58 Å². The van der Waals surface area contributed by atoms with Crippen LogP contribution >= 0.6 is 0 Å². The van der Waals surface area contributed by atoms with Crippen molar-refractivity contribution in [2.75, 3.05) is 13.1 Å². The Hall–Kier alpha value is -3.62. The molecule has 1 fully saturated rings. The molecule has 1 aliphatic heterocycles. The summed E-state index contributed by atoms with van der Waals surface area (Å²) in [5.41, 5.74) is 3.54. The van der Waals surface area contributed by atoms with Gasteiger partial charge in [0.25, 0.3) is 5.91 Å². The van der Waals surface area contributed by atoms with Crippen molar-refractivity contribution in [3.63, 3.8) is 0 Å². The first kappa shape index (κ1) is 23.1. The van der Waals surface area contributed by atoms with E-state index in [1.807, 2.05) is 55.1 Å². The van der Waals surface area contributed by atoms with Crippen LogP contribution in [0, 0.1) is 0 Å². The lowest BCUT2D eigenvalue weighted by Gasteiger charge is -2.35. The highest BCUT2D eigenvalue weighted by Gasteiger charge is 2.26. The molecule has 1 saturated heterocycles. The van der Waals surface area contributed by atoms with E-state index < -0.39 is 5.60 Å². The molecule has 1 aliphatic rings. The first-order chi connectivity index (χ1) is 16.7. The second-order valence-electron chi connectivity index (χ2n) is 9.58. The van der Waals surface area contributed by atoms with Gasteiger partial charge in [-0.2, -0.15) is 0 Å². The molecule has 2 atom stereocenters. The van der Waals surface area contributed by atoms with E-state index in [1.54, 1.807) is 26.1 Å². The minimum Gasteiger partial charge on any atom is -0.452 e. The SMILES string of the molecule is CC1CN(C(=O)c2ccc(-c3cc4ncnc(-c5ccnc(C(C)(C)O)c5)c4o3)cc2)CC(C)O1. The maximum atomic E-state index is 13.0. The summed E-state index contributed by atoms with van der Waals surface area (Å²) >= 11 is 0. The van der Waals surface area contributed by atoms with E-state index in [4.69, 9.17) is 9.15 Å². The monoisotopic (exact) mass is 472 g/mol. The third-order valence-electron chi connectivity index (χ3n) is 6.09. The molecule has 1 aromatic carbocycles. The molecule has 1 amide bonds. The fourth-order valence-electron chi connectivity index (χ4n) is 4.42. The van der Waals surface area contributed by atoms with Gasteiger partial charge in [0.05, 0.1) is 17.9 Å². The molecule has 0 aliphatic carbocycles. The highest BCUT2D eigenvalue weighted by atomic mass is 16.5. The topological polar surface area (TPSA) is 102 Å². The zero-order chi connectivity index (χ0) is 24.7. The number of aromatic nitrogens is 3. The smallest absolute Gasteiger partial charge is 0.254 e. The Kier molecular flexibility index (Phi) is 5.86. The van der Waals surface area contributed by atoms with Crippen molar-refractivity contribution in [2.45, 2.75) is 45.5 Å². The van der Waals surface area contributed by atoms with Crippen molar-refractivity contribution >= 4 is 17.0 Å². The zero-order valence-electron chi connectivity index (χ0n) is 20.2. The lowest BCUT2D eigenvalue weighted by molar-refractivity contribution is -0.0586. The predicted octanol–water partition coefficient (Wildman–Crippen LogP) is 4.43. The summed E-state index contributed by atoms with van der Waals surface area (Å²) in [5, 5.41) is 10.3. The second kappa shape index (κ2) is 8.87. The Balaban J connectivity index is 1.44. The lowest BCUT2D eigenvalue weighted by Crippen LogP contribution is -2.48. The molecule has 1 N–H and O–H groups in total. The Morgan fingerprint density at radius 3 is 2.40 bits per heavy atom. The third-order valence-corrected chi connectivity index (χ3v) is 6.09. The number of pyridine rings is 1. The van der Waals surface area contributed by atoms with Crippen molar-refractivity contribution in [3.8, 4) is 22.6 Å². The Bertz CT molecular complexity index is 1360. The first-order valence-electron chi connectivity index (χ1n) is 11.7. The number of nitrogens with zero attached hydrogens (tertiary/aromatic N) is 4. The van der Waals surface area contributed by atoms with E-state index in [0.717, 1.165) is 11.1 Å². The molecule has 4 aromatic rings. The van der Waals surface area contributed by atoms with Crippen molar-refractivity contribution < 1.29 is 19.1 Å². The largest absolute Gasteiger partial charge is 0.452 e. The number of fused-ring (bicyclic) bond motifs is 1. The average Bonchev–Trinajstić information content (AvgIpc) is 3.27. The number of aliphatic hydroxyl groups is 1. The number of carbonyl (C=O) groups excluding carboxylic acids is 1. The molecule has 2 unspecified atom stereocenters. The molecule has 35 heavy (non-hydrogen) atoms. The molecule has 0 radical (unpaired) electrons. The van der Waals surface area contributed by atoms with E-state index in [0.29, 0.717) is 46.9 Å². The van der Waals surface area contributed by atoms with Crippen LogP contribution in [0.5, 0.6) is 0 Å². The molecule has 0 saturated carbocycles. The van der Waals surface area contributed by atoms with Crippen LogP contribution in [0.15, 0.2) is 59.4 Å². The van der Waals surface area contributed by atoms with Gasteiger partial charge in [-0.25, -0.2) is 9.97 Å². The number of hydrogen-bond acceptors (Lipinski definition) is 7. The van der Waals surface area contributed by atoms with Crippen LogP contribution in [0.4, 0.5) is 0 Å². The van der Waals surface area contributed by atoms with Crippen LogP contribution in [0.25, 0.3) is 33.7 Å². The summed E-state index contributed by atoms with van der Waals surface area (Å²) in [7, 11) is 0. The van der Waals surface area contributed by atoms with Crippen LogP contribution in [-0.4, -0.2) is 56.2 Å². The predicted molar refractivity (Wildman–Crippen MR) is 132 cm³/mol. The summed E-state index contributed by atoms with van der Waals surface area (Å²) < 4.78 is 11.9. The fourth-order valence-corrected chi connectivity index (χ4v) is 4.42. The zero-order valence-corrected chi connectivity index (χ0v) is 20.2. The summed E-state index contributed by atoms with van der Waals surface area (Å²) in [6.07, 6.45) is 3.18. The number of hydrogen-bond donors (Lipinski definition) is 1. The number of carbonyl (C=O) groups is 1. The van der Waals surface area contributed by atoms with Gasteiger partial charge in [-0.1, -0.05) is 12.1 Å². The first-order valence-corrected chi connectivity index (χ1v) is 11.7. The minimum atomic E-state index is -1.08. The van der Waals surface area contributed by atoms with E-state index in [9.17, 15) is 9.90 Å². The van der Waals surface area contributed by atoms with Crippen molar-refractivity contribution in [3.05, 3.63) is 66.2 Å². The Morgan fingerprint density at radius 1 is 1.00 bits per heavy atom. The van der Waals surface area contributed by atoms with E-state index in [-0.39, 0.29) is 18.1 Å². The normalized spacial score (nSPS) is 18.7. The molecule has 5 rings (SSSR count). The van der Waals surface area contributed by atoms with E-state index in [1.165, 1.54) is 6.33 Å². The van der Waals surface area contributed by atoms with Gasteiger partial charge >= 0.3 is 0 Å². The average molecular weight is 473 g/mol. The van der Waals surface area contributed by atoms with Crippen LogP contribution in [0.1, 0.15) is 43.7 Å². The standard InChI is InChI=1S/C27H28N4O4/c1-16-13-31(14-17(2)34-16)26(32)19-7-5-18(6-8-19)22-12-21-25(35-22)24(30-15-29-21)20-9-10-28-23(11-20)27(3,4)33/h5-12,15-17,33H,13-14H2,1-4H3. The number of benzene rings is 1. The summed E-state index contributed by atoms with van der Waals surface area (Å²) in [5.74, 6) is 0.628. The molecular formula is C27H28N4O4. The molecule has 4 heterocycles. The summed E-state index contributed by atoms with van der Waals surface area (Å²) in [4.78, 5) is 27.9. The van der Waals surface area contributed by atoms with Gasteiger partial charge in [-0.3, -0.25) is 9.78 Å². The van der Waals surface area contributed by atoms with Gasteiger partial charge in [0, 0.05) is 42.0 Å². The van der Waals surface area contributed by atoms with Gasteiger partial charge in [0.1, 0.15) is 28.9 Å². The second-order valence-corrected chi connectivity index (χ2v) is 9.58. The van der Waals surface area contributed by atoms with Crippen molar-refractivity contribution in [1.29, 1.82) is 0 Å². The summed E-state index contributed by atoms with van der Waals surface area (Å²) in [6.45, 7) is 8.51. The number of morpholine rings is 1. The van der Waals surface area contributed by atoms with E-state index >= 15 is 0 Å². The van der Waals surface area contributed by atoms with Gasteiger partial charge in [0.2, 0.25) is 0 Å². The maximum Gasteiger partial charge on any atom is 0.254 e. The number of rotatable bonds is 4. The van der Waals surface area contributed by atoms with Crippen LogP contribution in [-0.2, 0) is 10.3 Å². The van der Waals surface area contributed by atoms with Crippen molar-refractivity contribution in [2.24, 2.45) is 0 Å². The number of furan rings is 1. The fraction of sp³-hybridized carbons (Fsp3) is 0.333. The maximum absolute atomic E-state index is 13.0. The molecule has 3 aromatic heterocycles. The summed E-state index contributed by atoms with van der Waals surface area (Å²) in [6, 6.07) is 12.9. The number of ether oxygens (including phenoxy) is 1. The molecule has 0 bridgehead atoms. The molecule has 180 valence electrons. The van der Waals surface area contributed by atoms with Crippen LogP contribution in [0.3, 0.4) is 0 Å². The quantitative estimate of drug-likeness (QED) is 0.469. The van der Waals surface area contributed by atoms with E-state index in [2.05, 4.69) is 15.0 Å².